The molecule has 0 atom stereocenters. The molecule has 0 saturated carbocycles. The van der Waals surface area contributed by atoms with Gasteiger partial charge >= 0.3 is 5.97 Å². The Labute approximate surface area is 174 Å². The van der Waals surface area contributed by atoms with E-state index in [9.17, 15) is 14.4 Å². The molecule has 0 saturated heterocycles. The first-order valence-electron chi connectivity index (χ1n) is 9.20. The molecule has 0 unspecified atom stereocenters. The van der Waals surface area contributed by atoms with Gasteiger partial charge in [-0.2, -0.15) is 0 Å². The van der Waals surface area contributed by atoms with Crippen LogP contribution in [-0.4, -0.2) is 42.5 Å². The van der Waals surface area contributed by atoms with Crippen LogP contribution in [0.5, 0.6) is 5.75 Å². The molecular weight excluding hydrogens is 392 g/mol. The summed E-state index contributed by atoms with van der Waals surface area (Å²) < 4.78 is 10.5. The highest BCUT2D eigenvalue weighted by Crippen LogP contribution is 2.24. The molecule has 2 rings (SSSR count). The Kier molecular flexibility index (Phi) is 9.04. The van der Waals surface area contributed by atoms with Crippen molar-refractivity contribution in [3.63, 3.8) is 0 Å². The Morgan fingerprint density at radius 3 is 2.07 bits per heavy atom. The summed E-state index contributed by atoms with van der Waals surface area (Å²) in [6.07, 6.45) is 0. The van der Waals surface area contributed by atoms with E-state index in [1.54, 1.807) is 49.4 Å². The number of amides is 2. The van der Waals surface area contributed by atoms with Crippen molar-refractivity contribution in [2.75, 3.05) is 35.4 Å². The van der Waals surface area contributed by atoms with Gasteiger partial charge in [0.15, 0.2) is 0 Å². The molecule has 2 aromatic carbocycles. The van der Waals surface area contributed by atoms with Crippen molar-refractivity contribution in [2.45, 2.75) is 13.8 Å². The van der Waals surface area contributed by atoms with Gasteiger partial charge < -0.3 is 20.1 Å². The molecule has 0 fully saturated rings. The second kappa shape index (κ2) is 11.8. The number of rotatable bonds is 10. The summed E-state index contributed by atoms with van der Waals surface area (Å²) in [4.78, 5) is 36.3. The van der Waals surface area contributed by atoms with Crippen molar-refractivity contribution in [1.29, 1.82) is 0 Å². The van der Waals surface area contributed by atoms with Crippen LogP contribution in [0.4, 0.5) is 11.4 Å². The summed E-state index contributed by atoms with van der Waals surface area (Å²) in [5.74, 6) is -0.272. The first-order valence-corrected chi connectivity index (χ1v) is 10.4. The quantitative estimate of drug-likeness (QED) is 0.575. The minimum Gasteiger partial charge on any atom is -0.492 e. The molecule has 0 bridgehead atoms. The second-order valence-corrected chi connectivity index (χ2v) is 6.77. The number of hydrogen-bond donors (Lipinski definition) is 2. The van der Waals surface area contributed by atoms with Crippen LogP contribution in [0.1, 0.15) is 24.2 Å². The zero-order valence-electron chi connectivity index (χ0n) is 16.4. The number of para-hydroxylation sites is 3. The topological polar surface area (TPSA) is 93.7 Å². The third-order valence-electron chi connectivity index (χ3n) is 3.62. The summed E-state index contributed by atoms with van der Waals surface area (Å²) in [6, 6.07) is 13.8. The molecule has 0 spiro atoms. The number of ether oxygens (including phenoxy) is 2. The lowest BCUT2D eigenvalue weighted by molar-refractivity contribution is -0.114. The van der Waals surface area contributed by atoms with E-state index >= 15 is 0 Å². The van der Waals surface area contributed by atoms with Gasteiger partial charge in [0.05, 0.1) is 41.7 Å². The lowest BCUT2D eigenvalue weighted by atomic mass is 10.2. The van der Waals surface area contributed by atoms with E-state index in [-0.39, 0.29) is 35.5 Å². The summed E-state index contributed by atoms with van der Waals surface area (Å²) in [7, 11) is 0. The van der Waals surface area contributed by atoms with Crippen LogP contribution >= 0.6 is 11.8 Å². The van der Waals surface area contributed by atoms with E-state index in [0.717, 1.165) is 0 Å². The number of anilines is 2. The van der Waals surface area contributed by atoms with Gasteiger partial charge in [-0.15, -0.1) is 11.8 Å². The van der Waals surface area contributed by atoms with Gasteiger partial charge in [-0.3, -0.25) is 9.59 Å². The smallest absolute Gasteiger partial charge is 0.340 e. The normalized spacial score (nSPS) is 10.1. The van der Waals surface area contributed by atoms with Gasteiger partial charge in [0.2, 0.25) is 11.8 Å². The first kappa shape index (κ1) is 22.3. The van der Waals surface area contributed by atoms with E-state index in [1.807, 2.05) is 13.0 Å². The summed E-state index contributed by atoms with van der Waals surface area (Å²) in [6.45, 7) is 4.33. The average Bonchev–Trinajstić information content (AvgIpc) is 2.70. The fourth-order valence-electron chi connectivity index (χ4n) is 2.44. The van der Waals surface area contributed by atoms with E-state index in [0.29, 0.717) is 23.7 Å². The maximum Gasteiger partial charge on any atom is 0.340 e. The van der Waals surface area contributed by atoms with Gasteiger partial charge in [0.1, 0.15) is 5.75 Å². The van der Waals surface area contributed by atoms with Crippen molar-refractivity contribution >= 4 is 40.9 Å². The predicted molar refractivity (Wildman–Crippen MR) is 115 cm³/mol. The fourth-order valence-corrected chi connectivity index (χ4v) is 3.06. The lowest BCUT2D eigenvalue weighted by Gasteiger charge is -2.11. The molecule has 0 heterocycles. The van der Waals surface area contributed by atoms with Gasteiger partial charge in [-0.25, -0.2) is 4.79 Å². The van der Waals surface area contributed by atoms with E-state index in [4.69, 9.17) is 9.47 Å². The van der Waals surface area contributed by atoms with E-state index < -0.39 is 5.97 Å². The largest absolute Gasteiger partial charge is 0.492 e. The Balaban J connectivity index is 1.83. The third kappa shape index (κ3) is 7.15. The second-order valence-electron chi connectivity index (χ2n) is 5.78. The highest BCUT2D eigenvalue weighted by atomic mass is 32.2. The molecule has 2 aromatic rings. The Bertz CT molecular complexity index is 856. The van der Waals surface area contributed by atoms with Crippen LogP contribution in [0.25, 0.3) is 0 Å². The number of nitrogens with one attached hydrogen (secondary N) is 2. The molecule has 0 aromatic heterocycles. The highest BCUT2D eigenvalue weighted by Gasteiger charge is 2.14. The molecule has 2 amide bonds. The highest BCUT2D eigenvalue weighted by molar-refractivity contribution is 8.00. The molecule has 0 aliphatic heterocycles. The minimum atomic E-state index is -0.497. The maximum absolute atomic E-state index is 12.2. The van der Waals surface area contributed by atoms with Crippen molar-refractivity contribution < 1.29 is 23.9 Å². The summed E-state index contributed by atoms with van der Waals surface area (Å²) in [5, 5.41) is 5.47. The number of esters is 1. The molecule has 154 valence electrons. The maximum atomic E-state index is 12.2. The standard InChI is InChI=1S/C21H24N2O5S/c1-3-27-18-12-8-7-11-17(18)23-20(25)14-29-13-19(24)22-16-10-6-5-9-15(16)21(26)28-4-2/h5-12H,3-4,13-14H2,1-2H3,(H,22,24)(H,23,25). The minimum absolute atomic E-state index is 0.0671. The van der Waals surface area contributed by atoms with E-state index in [1.165, 1.54) is 11.8 Å². The van der Waals surface area contributed by atoms with Crippen LogP contribution in [-0.2, 0) is 14.3 Å². The molecule has 7 nitrogen and oxygen atoms in total. The zero-order valence-corrected chi connectivity index (χ0v) is 17.2. The Hall–Kier alpha value is -3.00. The van der Waals surface area contributed by atoms with Crippen LogP contribution in [0, 0.1) is 0 Å². The number of benzene rings is 2. The average molecular weight is 416 g/mol. The molecule has 29 heavy (non-hydrogen) atoms. The van der Waals surface area contributed by atoms with Crippen LogP contribution in [0.2, 0.25) is 0 Å². The molecule has 0 aliphatic rings. The van der Waals surface area contributed by atoms with Gasteiger partial charge in [0, 0.05) is 0 Å². The van der Waals surface area contributed by atoms with Gasteiger partial charge in [-0.05, 0) is 38.1 Å². The van der Waals surface area contributed by atoms with Crippen molar-refractivity contribution in [1.82, 2.24) is 0 Å². The number of carbonyl (C=O) groups is 3. The third-order valence-corrected chi connectivity index (χ3v) is 4.56. The number of carbonyl (C=O) groups excluding carboxylic acids is 3. The first-order chi connectivity index (χ1) is 14.0. The fraction of sp³-hybridized carbons (Fsp3) is 0.286. The van der Waals surface area contributed by atoms with Crippen LogP contribution < -0.4 is 15.4 Å². The number of thioether (sulfide) groups is 1. The van der Waals surface area contributed by atoms with Crippen LogP contribution in [0.15, 0.2) is 48.5 Å². The summed E-state index contributed by atoms with van der Waals surface area (Å²) >= 11 is 1.17. The molecule has 0 radical (unpaired) electrons. The van der Waals surface area contributed by atoms with E-state index in [2.05, 4.69) is 10.6 Å². The zero-order chi connectivity index (χ0) is 21.1. The molecule has 0 aliphatic carbocycles. The van der Waals surface area contributed by atoms with Crippen molar-refractivity contribution in [2.24, 2.45) is 0 Å². The number of hydrogen-bond acceptors (Lipinski definition) is 6. The molecule has 8 heteroatoms. The van der Waals surface area contributed by atoms with Gasteiger partial charge in [-0.1, -0.05) is 24.3 Å². The van der Waals surface area contributed by atoms with Gasteiger partial charge in [0.25, 0.3) is 0 Å². The predicted octanol–water partition coefficient (Wildman–Crippen LogP) is 3.57. The molecule has 2 N–H and O–H groups in total. The lowest BCUT2D eigenvalue weighted by Crippen LogP contribution is -2.20. The summed E-state index contributed by atoms with van der Waals surface area (Å²) in [5.41, 5.74) is 1.26. The SMILES string of the molecule is CCOC(=O)c1ccccc1NC(=O)CSCC(=O)Nc1ccccc1OCC. The van der Waals surface area contributed by atoms with Crippen LogP contribution in [0.3, 0.4) is 0 Å². The Morgan fingerprint density at radius 2 is 1.41 bits per heavy atom. The van der Waals surface area contributed by atoms with Crippen molar-refractivity contribution in [3.8, 4) is 5.75 Å². The van der Waals surface area contributed by atoms with Crippen molar-refractivity contribution in [3.05, 3.63) is 54.1 Å². The molecular formula is C21H24N2O5S. The monoisotopic (exact) mass is 416 g/mol. The Morgan fingerprint density at radius 1 is 0.828 bits per heavy atom.